The number of rotatable bonds is 10. The first kappa shape index (κ1) is 30.6. The fraction of sp³-hybridized carbons (Fsp3) is 0.905. The van der Waals surface area contributed by atoms with Crippen LogP contribution >= 0.6 is 0 Å². The van der Waals surface area contributed by atoms with Gasteiger partial charge in [-0.3, -0.25) is 0 Å². The quantitative estimate of drug-likeness (QED) is 0.115. The first-order valence-corrected chi connectivity index (χ1v) is 11.7. The minimum atomic E-state index is -1.85. The van der Waals surface area contributed by atoms with Gasteiger partial charge in [0.1, 0.15) is 73.2 Å². The van der Waals surface area contributed by atoms with Gasteiger partial charge in [0.05, 0.1) is 26.4 Å². The minimum Gasteiger partial charge on any atom is -0.394 e. The van der Waals surface area contributed by atoms with Crippen LogP contribution in [0.2, 0.25) is 0 Å². The molecule has 3 aliphatic rings. The van der Waals surface area contributed by atoms with Crippen molar-refractivity contribution in [2.75, 3.05) is 26.4 Å². The highest BCUT2D eigenvalue weighted by molar-refractivity contribution is 4.94. The molecule has 216 valence electrons. The predicted octanol–water partition coefficient (Wildman–Crippen LogP) is -6.36. The second-order valence-electron chi connectivity index (χ2n) is 8.97. The van der Waals surface area contributed by atoms with Crippen LogP contribution in [-0.4, -0.2) is 170 Å². The maximum absolute atomic E-state index is 10.6. The molecule has 0 bridgehead atoms. The summed E-state index contributed by atoms with van der Waals surface area (Å²) in [6.45, 7) is 1.39. The molecule has 0 spiro atoms. The van der Waals surface area contributed by atoms with Crippen LogP contribution in [0.3, 0.4) is 0 Å². The molecule has 0 aliphatic carbocycles. The second-order valence-corrected chi connectivity index (χ2v) is 8.97. The Hall–Kier alpha value is -0.900. The Morgan fingerprint density at radius 1 is 0.568 bits per heavy atom. The monoisotopic (exact) mass is 544 g/mol. The van der Waals surface area contributed by atoms with Crippen molar-refractivity contribution in [3.05, 3.63) is 12.7 Å². The molecule has 0 radical (unpaired) electrons. The molecule has 16 nitrogen and oxygen atoms in total. The van der Waals surface area contributed by atoms with Gasteiger partial charge in [-0.2, -0.15) is 0 Å². The molecule has 0 aromatic heterocycles. The van der Waals surface area contributed by atoms with Crippen molar-refractivity contribution in [3.63, 3.8) is 0 Å². The molecule has 3 fully saturated rings. The van der Waals surface area contributed by atoms with Gasteiger partial charge in [0.25, 0.3) is 0 Å². The molecule has 37 heavy (non-hydrogen) atoms. The lowest BCUT2D eigenvalue weighted by atomic mass is 9.97. The average Bonchev–Trinajstić information content (AvgIpc) is 2.89. The summed E-state index contributed by atoms with van der Waals surface area (Å²) in [6, 6.07) is 0. The third-order valence-corrected chi connectivity index (χ3v) is 6.44. The Morgan fingerprint density at radius 3 is 1.62 bits per heavy atom. The van der Waals surface area contributed by atoms with Crippen LogP contribution in [0, 0.1) is 0 Å². The summed E-state index contributed by atoms with van der Waals surface area (Å²) in [5, 5.41) is 101. The molecule has 0 unspecified atom stereocenters. The van der Waals surface area contributed by atoms with Gasteiger partial charge in [0.15, 0.2) is 18.9 Å². The maximum Gasteiger partial charge on any atom is 0.187 e. The van der Waals surface area contributed by atoms with Gasteiger partial charge in [-0.25, -0.2) is 0 Å². The molecule has 0 aromatic rings. The number of aliphatic hydroxyl groups is 10. The molecule has 3 aliphatic heterocycles. The van der Waals surface area contributed by atoms with E-state index in [1.54, 1.807) is 0 Å². The fourth-order valence-corrected chi connectivity index (χ4v) is 4.21. The van der Waals surface area contributed by atoms with E-state index in [-0.39, 0.29) is 6.61 Å². The van der Waals surface area contributed by atoms with Crippen LogP contribution in [0.1, 0.15) is 0 Å². The Labute approximate surface area is 211 Å². The average molecular weight is 545 g/mol. The van der Waals surface area contributed by atoms with E-state index in [2.05, 4.69) is 6.58 Å². The van der Waals surface area contributed by atoms with E-state index in [9.17, 15) is 51.1 Å². The van der Waals surface area contributed by atoms with Crippen molar-refractivity contribution in [2.45, 2.75) is 92.1 Å². The maximum atomic E-state index is 10.6. The van der Waals surface area contributed by atoms with Gasteiger partial charge >= 0.3 is 0 Å². The van der Waals surface area contributed by atoms with E-state index in [1.807, 2.05) is 0 Å². The molecule has 0 aromatic carbocycles. The highest BCUT2D eigenvalue weighted by atomic mass is 16.8. The van der Waals surface area contributed by atoms with Crippen molar-refractivity contribution in [1.29, 1.82) is 0 Å². The lowest BCUT2D eigenvalue weighted by Crippen LogP contribution is -2.65. The van der Waals surface area contributed by atoms with Crippen molar-refractivity contribution in [3.8, 4) is 0 Å². The molecule has 3 rings (SSSR count). The topological polar surface area (TPSA) is 258 Å². The fourth-order valence-electron chi connectivity index (χ4n) is 4.21. The lowest BCUT2D eigenvalue weighted by molar-refractivity contribution is -0.373. The molecular formula is C21H36O16. The number of ether oxygens (including phenoxy) is 6. The van der Waals surface area contributed by atoms with Gasteiger partial charge in [-0.15, -0.1) is 6.58 Å². The van der Waals surface area contributed by atoms with E-state index < -0.39 is 112 Å². The van der Waals surface area contributed by atoms with E-state index >= 15 is 0 Å². The largest absolute Gasteiger partial charge is 0.394 e. The minimum absolute atomic E-state index is 0.0405. The second kappa shape index (κ2) is 13.4. The highest BCUT2D eigenvalue weighted by Crippen LogP contribution is 2.30. The third-order valence-electron chi connectivity index (χ3n) is 6.44. The molecule has 3 heterocycles. The Bertz CT molecular complexity index is 712. The molecular weight excluding hydrogens is 508 g/mol. The Balaban J connectivity index is 1.74. The third kappa shape index (κ3) is 6.64. The first-order chi connectivity index (χ1) is 17.5. The lowest BCUT2D eigenvalue weighted by Gasteiger charge is -2.46. The van der Waals surface area contributed by atoms with Crippen LogP contribution in [0.15, 0.2) is 12.7 Å². The van der Waals surface area contributed by atoms with E-state index in [0.29, 0.717) is 0 Å². The van der Waals surface area contributed by atoms with Crippen LogP contribution in [0.4, 0.5) is 0 Å². The zero-order chi connectivity index (χ0) is 27.4. The van der Waals surface area contributed by atoms with Crippen LogP contribution in [-0.2, 0) is 28.4 Å². The summed E-state index contributed by atoms with van der Waals surface area (Å²) < 4.78 is 32.6. The predicted molar refractivity (Wildman–Crippen MR) is 115 cm³/mol. The van der Waals surface area contributed by atoms with E-state index in [1.165, 1.54) is 6.08 Å². The first-order valence-electron chi connectivity index (χ1n) is 11.7. The Morgan fingerprint density at radius 2 is 1.05 bits per heavy atom. The van der Waals surface area contributed by atoms with Crippen molar-refractivity contribution in [2.24, 2.45) is 0 Å². The summed E-state index contributed by atoms with van der Waals surface area (Å²) >= 11 is 0. The SMILES string of the molecule is C=CCO[C@H]1O[C@H](CO[C@H]2O[C@H](CO)[C@@H](O)[C@H](O)[C@@H]2O[C@H]2O[C@H](CO)[C@@H](O)[C@H](O)[C@@H]2O)[C@@H](O)[C@H](O)[C@@H]1O. The standard InChI is InChI=1S/C21H36O16/c1-2-3-32-19-16(30)14(28)12(26)9(36-19)6-33-21-18(15(29)11(25)8(5-23)35-21)37-20-17(31)13(27)10(24)7(4-22)34-20/h2,7-31H,1,3-6H2/t7-,8-,9-,10-,11-,12-,13+,14+,15+,16+,17+,18+,19+,20-,21+/m1/s1. The van der Waals surface area contributed by atoms with Gasteiger partial charge in [-0.05, 0) is 0 Å². The van der Waals surface area contributed by atoms with Crippen molar-refractivity contribution >= 4 is 0 Å². The van der Waals surface area contributed by atoms with E-state index in [4.69, 9.17) is 28.4 Å². The van der Waals surface area contributed by atoms with Crippen molar-refractivity contribution in [1.82, 2.24) is 0 Å². The van der Waals surface area contributed by atoms with Crippen LogP contribution in [0.25, 0.3) is 0 Å². The van der Waals surface area contributed by atoms with Gasteiger partial charge in [-0.1, -0.05) is 6.08 Å². The van der Waals surface area contributed by atoms with Crippen LogP contribution in [0.5, 0.6) is 0 Å². The zero-order valence-corrected chi connectivity index (χ0v) is 19.7. The number of hydrogen-bond donors (Lipinski definition) is 10. The molecule has 10 N–H and O–H groups in total. The molecule has 15 atom stereocenters. The smallest absolute Gasteiger partial charge is 0.187 e. The molecule has 16 heteroatoms. The van der Waals surface area contributed by atoms with E-state index in [0.717, 1.165) is 0 Å². The summed E-state index contributed by atoms with van der Waals surface area (Å²) in [5.74, 6) is 0. The summed E-state index contributed by atoms with van der Waals surface area (Å²) in [6.07, 6.45) is -22.6. The van der Waals surface area contributed by atoms with Gasteiger partial charge < -0.3 is 79.5 Å². The molecule has 0 saturated carbocycles. The van der Waals surface area contributed by atoms with Crippen molar-refractivity contribution < 1.29 is 79.5 Å². The van der Waals surface area contributed by atoms with Crippen LogP contribution < -0.4 is 0 Å². The number of aliphatic hydroxyl groups excluding tert-OH is 10. The molecule has 3 saturated heterocycles. The number of hydrogen-bond acceptors (Lipinski definition) is 16. The summed E-state index contributed by atoms with van der Waals surface area (Å²) in [7, 11) is 0. The van der Waals surface area contributed by atoms with Gasteiger partial charge in [0.2, 0.25) is 0 Å². The molecule has 0 amide bonds. The normalized spacial score (nSPS) is 49.1. The van der Waals surface area contributed by atoms with Gasteiger partial charge in [0, 0.05) is 0 Å². The Kier molecular flexibility index (Phi) is 11.1. The highest BCUT2D eigenvalue weighted by Gasteiger charge is 2.52. The summed E-state index contributed by atoms with van der Waals surface area (Å²) in [5.41, 5.74) is 0. The zero-order valence-electron chi connectivity index (χ0n) is 19.7. The summed E-state index contributed by atoms with van der Waals surface area (Å²) in [4.78, 5) is 0.